The van der Waals surface area contributed by atoms with Crippen LogP contribution in [0, 0.1) is 12.3 Å². The standard InChI is InChI=1S/C21H28N4O3/c1-14-12-15(4-5-16(14)27-3)17-18(22)23-20(24(2)19(17)26)25-9-6-21(7-10-25)8-11-28-13-21/h4-5,12H,6-11,13,22H2,1-3H3. The molecule has 0 bridgehead atoms. The lowest BCUT2D eigenvalue weighted by Gasteiger charge is -2.39. The van der Waals surface area contributed by atoms with Crippen molar-refractivity contribution in [2.45, 2.75) is 26.2 Å². The summed E-state index contributed by atoms with van der Waals surface area (Å²) < 4.78 is 12.5. The fourth-order valence-electron chi connectivity index (χ4n) is 4.42. The van der Waals surface area contributed by atoms with Gasteiger partial charge in [-0.15, -0.1) is 0 Å². The molecular weight excluding hydrogens is 356 g/mol. The Bertz CT molecular complexity index is 937. The van der Waals surface area contributed by atoms with Crippen molar-refractivity contribution in [3.8, 4) is 16.9 Å². The number of aryl methyl sites for hydroxylation is 1. The number of methoxy groups -OCH3 is 1. The van der Waals surface area contributed by atoms with Gasteiger partial charge in [0, 0.05) is 26.7 Å². The molecule has 2 aromatic rings. The minimum atomic E-state index is -0.128. The van der Waals surface area contributed by atoms with Crippen molar-refractivity contribution in [1.82, 2.24) is 9.55 Å². The molecule has 0 unspecified atom stereocenters. The zero-order valence-electron chi connectivity index (χ0n) is 16.8. The van der Waals surface area contributed by atoms with E-state index in [0.717, 1.165) is 62.4 Å². The summed E-state index contributed by atoms with van der Waals surface area (Å²) in [6.07, 6.45) is 3.25. The second-order valence-corrected chi connectivity index (χ2v) is 8.01. The van der Waals surface area contributed by atoms with E-state index in [-0.39, 0.29) is 11.4 Å². The van der Waals surface area contributed by atoms with E-state index in [4.69, 9.17) is 15.2 Å². The topological polar surface area (TPSA) is 82.6 Å². The van der Waals surface area contributed by atoms with E-state index < -0.39 is 0 Å². The lowest BCUT2D eigenvalue weighted by atomic mass is 9.78. The zero-order chi connectivity index (χ0) is 19.9. The highest BCUT2D eigenvalue weighted by Gasteiger charge is 2.38. The minimum absolute atomic E-state index is 0.128. The maximum Gasteiger partial charge on any atom is 0.264 e. The smallest absolute Gasteiger partial charge is 0.264 e. The molecule has 28 heavy (non-hydrogen) atoms. The lowest BCUT2D eigenvalue weighted by Crippen LogP contribution is -2.43. The Balaban J connectivity index is 1.65. The average molecular weight is 384 g/mol. The third-order valence-corrected chi connectivity index (χ3v) is 6.27. The van der Waals surface area contributed by atoms with Crippen LogP contribution in [0.15, 0.2) is 23.0 Å². The highest BCUT2D eigenvalue weighted by atomic mass is 16.5. The van der Waals surface area contributed by atoms with Crippen LogP contribution >= 0.6 is 0 Å². The molecular formula is C21H28N4O3. The number of anilines is 2. The molecule has 2 aliphatic heterocycles. The molecule has 2 fully saturated rings. The molecule has 0 aliphatic carbocycles. The number of piperidine rings is 1. The third kappa shape index (κ3) is 3.13. The maximum absolute atomic E-state index is 13.1. The van der Waals surface area contributed by atoms with Crippen molar-refractivity contribution in [3.05, 3.63) is 34.1 Å². The quantitative estimate of drug-likeness (QED) is 0.875. The minimum Gasteiger partial charge on any atom is -0.496 e. The van der Waals surface area contributed by atoms with Gasteiger partial charge in [-0.1, -0.05) is 6.07 Å². The van der Waals surface area contributed by atoms with E-state index in [2.05, 4.69) is 9.88 Å². The third-order valence-electron chi connectivity index (χ3n) is 6.27. The van der Waals surface area contributed by atoms with Crippen LogP contribution in [-0.4, -0.2) is 43.0 Å². The zero-order valence-corrected chi connectivity index (χ0v) is 16.8. The molecule has 0 atom stereocenters. The predicted octanol–water partition coefficient (Wildman–Crippen LogP) is 2.35. The number of rotatable bonds is 3. The van der Waals surface area contributed by atoms with Gasteiger partial charge in [0.05, 0.1) is 19.3 Å². The molecule has 7 heteroatoms. The van der Waals surface area contributed by atoms with Crippen molar-refractivity contribution >= 4 is 11.8 Å². The van der Waals surface area contributed by atoms with Crippen molar-refractivity contribution in [3.63, 3.8) is 0 Å². The fraction of sp³-hybridized carbons (Fsp3) is 0.524. The van der Waals surface area contributed by atoms with Crippen LogP contribution in [0.3, 0.4) is 0 Å². The van der Waals surface area contributed by atoms with Gasteiger partial charge in [0.25, 0.3) is 5.56 Å². The van der Waals surface area contributed by atoms with Crippen LogP contribution in [0.2, 0.25) is 0 Å². The summed E-state index contributed by atoms with van der Waals surface area (Å²) >= 11 is 0. The summed E-state index contributed by atoms with van der Waals surface area (Å²) in [4.78, 5) is 19.9. The van der Waals surface area contributed by atoms with Gasteiger partial charge in [0.2, 0.25) is 5.95 Å². The summed E-state index contributed by atoms with van der Waals surface area (Å²) in [5, 5.41) is 0. The second kappa shape index (κ2) is 7.13. The SMILES string of the molecule is COc1ccc(-c2c(N)nc(N3CCC4(CCOC4)CC3)n(C)c2=O)cc1C. The molecule has 1 spiro atoms. The molecule has 0 radical (unpaired) electrons. The van der Waals surface area contributed by atoms with E-state index >= 15 is 0 Å². The Kier molecular flexibility index (Phi) is 4.79. The normalized spacial score (nSPS) is 18.6. The summed E-state index contributed by atoms with van der Waals surface area (Å²) in [5.74, 6) is 1.69. The van der Waals surface area contributed by atoms with Crippen molar-refractivity contribution < 1.29 is 9.47 Å². The fourth-order valence-corrected chi connectivity index (χ4v) is 4.42. The van der Waals surface area contributed by atoms with Gasteiger partial charge in [-0.3, -0.25) is 9.36 Å². The van der Waals surface area contributed by atoms with Crippen LogP contribution in [0.5, 0.6) is 5.75 Å². The number of hydrogen-bond donors (Lipinski definition) is 1. The molecule has 7 nitrogen and oxygen atoms in total. The number of nitrogens with zero attached hydrogens (tertiary/aromatic N) is 3. The van der Waals surface area contributed by atoms with Crippen molar-refractivity contribution in [1.29, 1.82) is 0 Å². The van der Waals surface area contributed by atoms with Gasteiger partial charge >= 0.3 is 0 Å². The number of ether oxygens (including phenoxy) is 2. The van der Waals surface area contributed by atoms with Crippen LogP contribution in [0.1, 0.15) is 24.8 Å². The van der Waals surface area contributed by atoms with Crippen LogP contribution in [0.25, 0.3) is 11.1 Å². The number of benzene rings is 1. The van der Waals surface area contributed by atoms with Gasteiger partial charge in [-0.25, -0.2) is 0 Å². The van der Waals surface area contributed by atoms with E-state index in [9.17, 15) is 4.79 Å². The molecule has 1 aromatic carbocycles. The molecule has 2 aliphatic rings. The van der Waals surface area contributed by atoms with Crippen LogP contribution in [0.4, 0.5) is 11.8 Å². The first kappa shape index (κ1) is 18.8. The first-order valence-corrected chi connectivity index (χ1v) is 9.78. The highest BCUT2D eigenvalue weighted by molar-refractivity contribution is 5.75. The van der Waals surface area contributed by atoms with Crippen molar-refractivity contribution in [2.75, 3.05) is 44.0 Å². The lowest BCUT2D eigenvalue weighted by molar-refractivity contribution is 0.133. The largest absolute Gasteiger partial charge is 0.496 e. The molecule has 0 saturated carbocycles. The predicted molar refractivity (Wildman–Crippen MR) is 110 cm³/mol. The highest BCUT2D eigenvalue weighted by Crippen LogP contribution is 2.40. The Morgan fingerprint density at radius 1 is 1.25 bits per heavy atom. The number of hydrogen-bond acceptors (Lipinski definition) is 6. The molecule has 150 valence electrons. The summed E-state index contributed by atoms with van der Waals surface area (Å²) in [5.41, 5.74) is 8.59. The maximum atomic E-state index is 13.1. The Morgan fingerprint density at radius 3 is 2.61 bits per heavy atom. The Morgan fingerprint density at radius 2 is 2.00 bits per heavy atom. The van der Waals surface area contributed by atoms with Crippen LogP contribution in [-0.2, 0) is 11.8 Å². The first-order chi connectivity index (χ1) is 13.4. The number of nitrogens with two attached hydrogens (primary N) is 1. The van der Waals surface area contributed by atoms with Crippen molar-refractivity contribution in [2.24, 2.45) is 12.5 Å². The monoisotopic (exact) mass is 384 g/mol. The van der Waals surface area contributed by atoms with E-state index in [0.29, 0.717) is 16.9 Å². The van der Waals surface area contributed by atoms with Gasteiger partial charge < -0.3 is 20.1 Å². The Hall–Kier alpha value is -2.54. The molecule has 0 amide bonds. The van der Waals surface area contributed by atoms with E-state index in [1.54, 1.807) is 18.7 Å². The van der Waals surface area contributed by atoms with E-state index in [1.165, 1.54) is 0 Å². The summed E-state index contributed by atoms with van der Waals surface area (Å²) in [6.45, 7) is 5.39. The molecule has 2 saturated heterocycles. The molecule has 2 N–H and O–H groups in total. The first-order valence-electron chi connectivity index (χ1n) is 9.78. The van der Waals surface area contributed by atoms with E-state index in [1.807, 2.05) is 25.1 Å². The summed E-state index contributed by atoms with van der Waals surface area (Å²) in [7, 11) is 3.40. The Labute approximate surface area is 165 Å². The molecule has 4 rings (SSSR count). The number of nitrogen functional groups attached to an aromatic ring is 1. The molecule has 3 heterocycles. The number of aromatic nitrogens is 2. The summed E-state index contributed by atoms with van der Waals surface area (Å²) in [6, 6.07) is 5.62. The van der Waals surface area contributed by atoms with Gasteiger partial charge in [0.1, 0.15) is 11.6 Å². The van der Waals surface area contributed by atoms with Gasteiger partial charge in [-0.2, -0.15) is 4.98 Å². The van der Waals surface area contributed by atoms with Crippen LogP contribution < -0.4 is 20.9 Å². The van der Waals surface area contributed by atoms with Gasteiger partial charge in [-0.05, 0) is 54.9 Å². The second-order valence-electron chi connectivity index (χ2n) is 8.01. The average Bonchev–Trinajstić information content (AvgIpc) is 3.14. The van der Waals surface area contributed by atoms with Gasteiger partial charge in [0.15, 0.2) is 0 Å². The molecule has 1 aromatic heterocycles.